The van der Waals surface area contributed by atoms with Crippen LogP contribution < -0.4 is 10.6 Å². The van der Waals surface area contributed by atoms with Gasteiger partial charge in [-0.15, -0.1) is 0 Å². The van der Waals surface area contributed by atoms with E-state index in [1.54, 1.807) is 32.3 Å². The number of carbonyl (C=O) groups is 2. The number of nitrogens with zero attached hydrogens (tertiary/aromatic N) is 3. The van der Waals surface area contributed by atoms with Crippen molar-refractivity contribution in [1.29, 1.82) is 0 Å². The number of amides is 2. The number of hydrogen-bond donors (Lipinski definition) is 2. The van der Waals surface area contributed by atoms with Crippen molar-refractivity contribution in [2.75, 3.05) is 20.1 Å². The van der Waals surface area contributed by atoms with Crippen molar-refractivity contribution in [2.24, 2.45) is 5.41 Å². The normalized spacial score (nSPS) is 15.8. The van der Waals surface area contributed by atoms with E-state index in [1.165, 1.54) is 0 Å². The zero-order valence-electron chi connectivity index (χ0n) is 20.5. The van der Waals surface area contributed by atoms with Gasteiger partial charge in [-0.25, -0.2) is 9.37 Å². The van der Waals surface area contributed by atoms with Gasteiger partial charge in [0.05, 0.1) is 16.8 Å². The van der Waals surface area contributed by atoms with Gasteiger partial charge in [0.25, 0.3) is 5.91 Å². The summed E-state index contributed by atoms with van der Waals surface area (Å²) in [6, 6.07) is 1.26. The number of fused-ring (bicyclic) bond motifs is 1. The van der Waals surface area contributed by atoms with Crippen LogP contribution in [0.4, 0.5) is 17.6 Å². The van der Waals surface area contributed by atoms with E-state index in [2.05, 4.69) is 15.6 Å². The molecule has 0 spiro atoms. The first-order chi connectivity index (χ1) is 16.2. The molecule has 35 heavy (non-hydrogen) atoms. The van der Waals surface area contributed by atoms with Gasteiger partial charge in [0.1, 0.15) is 17.7 Å². The third-order valence-corrected chi connectivity index (χ3v) is 5.92. The van der Waals surface area contributed by atoms with Crippen molar-refractivity contribution in [2.45, 2.75) is 59.4 Å². The molecule has 1 aliphatic rings. The Morgan fingerprint density at radius 2 is 1.86 bits per heavy atom. The van der Waals surface area contributed by atoms with E-state index >= 15 is 0 Å². The molecule has 11 heteroatoms. The summed E-state index contributed by atoms with van der Waals surface area (Å²) in [5.74, 6) is -1.92. The number of halogens is 4. The summed E-state index contributed by atoms with van der Waals surface area (Å²) in [5.41, 5.74) is -1.55. The highest BCUT2D eigenvalue weighted by Crippen LogP contribution is 2.35. The zero-order valence-corrected chi connectivity index (χ0v) is 20.5. The molecule has 2 heterocycles. The molecule has 0 radical (unpaired) electrons. The number of rotatable bonds is 5. The number of hydrogen-bond acceptors (Lipinski definition) is 4. The maximum absolute atomic E-state index is 14.8. The van der Waals surface area contributed by atoms with Gasteiger partial charge in [0, 0.05) is 19.6 Å². The number of benzene rings is 1. The molecule has 192 valence electrons. The van der Waals surface area contributed by atoms with Gasteiger partial charge >= 0.3 is 6.18 Å². The second-order valence-electron chi connectivity index (χ2n) is 9.83. The van der Waals surface area contributed by atoms with Crippen LogP contribution in [0.3, 0.4) is 0 Å². The third-order valence-electron chi connectivity index (χ3n) is 5.92. The van der Waals surface area contributed by atoms with Gasteiger partial charge < -0.3 is 20.1 Å². The average Bonchev–Trinajstić information content (AvgIpc) is 2.96. The average molecular weight is 498 g/mol. The molecule has 2 N–H and O–H groups in total. The van der Waals surface area contributed by atoms with Crippen LogP contribution in [-0.4, -0.2) is 52.4 Å². The van der Waals surface area contributed by atoms with Gasteiger partial charge in [-0.2, -0.15) is 13.2 Å². The topological polar surface area (TPSA) is 79.3 Å². The van der Waals surface area contributed by atoms with Gasteiger partial charge in [-0.3, -0.25) is 9.59 Å². The molecule has 7 nitrogen and oxygen atoms in total. The van der Waals surface area contributed by atoms with E-state index in [-0.39, 0.29) is 29.5 Å². The lowest BCUT2D eigenvalue weighted by Gasteiger charge is -2.30. The van der Waals surface area contributed by atoms with Crippen LogP contribution in [0.15, 0.2) is 18.2 Å². The Morgan fingerprint density at radius 3 is 2.46 bits per heavy atom. The Balaban J connectivity index is 2.12. The molecule has 1 aromatic carbocycles. The van der Waals surface area contributed by atoms with Crippen molar-refractivity contribution in [3.05, 3.63) is 41.0 Å². The van der Waals surface area contributed by atoms with Crippen LogP contribution in [0, 0.1) is 11.2 Å². The summed E-state index contributed by atoms with van der Waals surface area (Å²) in [6.07, 6.45) is -4.03. The summed E-state index contributed by atoms with van der Waals surface area (Å²) >= 11 is 0. The highest BCUT2D eigenvalue weighted by Gasteiger charge is 2.36. The summed E-state index contributed by atoms with van der Waals surface area (Å²) in [6.45, 7) is 8.87. The molecule has 1 aromatic heterocycles. The Kier molecular flexibility index (Phi) is 7.59. The summed E-state index contributed by atoms with van der Waals surface area (Å²) < 4.78 is 56.4. The quantitative estimate of drug-likeness (QED) is 0.616. The number of carbonyl (C=O) groups excluding carboxylic acids is 2. The molecule has 0 fully saturated rings. The molecule has 2 aromatic rings. The summed E-state index contributed by atoms with van der Waals surface area (Å²) in [4.78, 5) is 32.3. The fraction of sp³-hybridized carbons (Fsp3) is 0.542. The van der Waals surface area contributed by atoms with Crippen LogP contribution >= 0.6 is 0 Å². The van der Waals surface area contributed by atoms with Crippen LogP contribution in [0.25, 0.3) is 11.4 Å². The standard InChI is InChI=1S/C24H31F4N5O2/c1-6-29-22(35)19(23(2,3)4)31-21(34)18-17-13-32(5)10-7-11-33(17)20(30-18)15-12-14(24(26,27)28)8-9-16(15)25/h8-9,12,19H,6-7,10-11,13H2,1-5H3,(H,29,35)(H,31,34). The van der Waals surface area contributed by atoms with Crippen LogP contribution in [0.5, 0.6) is 0 Å². The summed E-state index contributed by atoms with van der Waals surface area (Å²) in [5, 5.41) is 5.44. The number of nitrogens with one attached hydrogen (secondary N) is 2. The van der Waals surface area contributed by atoms with Gasteiger partial charge in [-0.1, -0.05) is 20.8 Å². The Morgan fingerprint density at radius 1 is 1.17 bits per heavy atom. The van der Waals surface area contributed by atoms with Crippen molar-refractivity contribution >= 4 is 11.8 Å². The van der Waals surface area contributed by atoms with Crippen molar-refractivity contribution < 1.29 is 27.2 Å². The zero-order chi connectivity index (χ0) is 26.1. The van der Waals surface area contributed by atoms with Crippen LogP contribution in [0.1, 0.15) is 55.9 Å². The fourth-order valence-electron chi connectivity index (χ4n) is 4.13. The molecular weight excluding hydrogens is 466 g/mol. The number of imidazole rings is 1. The van der Waals surface area contributed by atoms with Crippen molar-refractivity contribution in [3.8, 4) is 11.4 Å². The lowest BCUT2D eigenvalue weighted by Crippen LogP contribution is -2.53. The summed E-state index contributed by atoms with van der Waals surface area (Å²) in [7, 11) is 1.85. The number of alkyl halides is 3. The Hall–Kier alpha value is -2.95. The van der Waals surface area contributed by atoms with E-state index in [0.29, 0.717) is 43.9 Å². The van der Waals surface area contributed by atoms with Crippen LogP contribution in [-0.2, 0) is 24.1 Å². The minimum atomic E-state index is -4.66. The minimum Gasteiger partial charge on any atom is -0.355 e. The smallest absolute Gasteiger partial charge is 0.355 e. The molecule has 3 rings (SSSR count). The predicted molar refractivity (Wildman–Crippen MR) is 123 cm³/mol. The highest BCUT2D eigenvalue weighted by atomic mass is 19.4. The van der Waals surface area contributed by atoms with Gasteiger partial charge in [-0.05, 0) is 50.6 Å². The van der Waals surface area contributed by atoms with Crippen molar-refractivity contribution in [3.63, 3.8) is 0 Å². The molecule has 1 aliphatic heterocycles. The van der Waals surface area contributed by atoms with Crippen molar-refractivity contribution in [1.82, 2.24) is 25.1 Å². The maximum Gasteiger partial charge on any atom is 0.416 e. The van der Waals surface area contributed by atoms with E-state index < -0.39 is 34.9 Å². The highest BCUT2D eigenvalue weighted by molar-refractivity contribution is 5.98. The first-order valence-corrected chi connectivity index (χ1v) is 11.5. The molecule has 0 aliphatic carbocycles. The molecule has 1 atom stereocenters. The fourth-order valence-corrected chi connectivity index (χ4v) is 4.13. The molecule has 0 saturated heterocycles. The predicted octanol–water partition coefficient (Wildman–Crippen LogP) is 3.82. The van der Waals surface area contributed by atoms with Gasteiger partial charge in [0.2, 0.25) is 5.91 Å². The molecule has 2 amide bonds. The monoisotopic (exact) mass is 497 g/mol. The Bertz CT molecular complexity index is 1100. The second-order valence-corrected chi connectivity index (χ2v) is 9.83. The maximum atomic E-state index is 14.8. The molecule has 0 bridgehead atoms. The molecular formula is C24H31F4N5O2. The van der Waals surface area contributed by atoms with E-state index in [1.807, 2.05) is 11.9 Å². The number of likely N-dealkylation sites (N-methyl/N-ethyl adjacent to an activating group) is 1. The SMILES string of the molecule is CCNC(=O)C(NC(=O)c1nc(-c2cc(C(F)(F)F)ccc2F)n2c1CN(C)CCC2)C(C)(C)C. The first kappa shape index (κ1) is 26.7. The Labute approximate surface area is 201 Å². The molecule has 0 saturated carbocycles. The largest absolute Gasteiger partial charge is 0.416 e. The van der Waals surface area contributed by atoms with E-state index in [9.17, 15) is 27.2 Å². The first-order valence-electron chi connectivity index (χ1n) is 11.5. The third kappa shape index (κ3) is 5.83. The lowest BCUT2D eigenvalue weighted by atomic mass is 9.86. The minimum absolute atomic E-state index is 0.0379. The van der Waals surface area contributed by atoms with Gasteiger partial charge in [0.15, 0.2) is 5.69 Å². The second kappa shape index (κ2) is 9.96. The number of aromatic nitrogens is 2. The molecule has 1 unspecified atom stereocenters. The van der Waals surface area contributed by atoms with Crippen LogP contribution in [0.2, 0.25) is 0 Å². The van der Waals surface area contributed by atoms with E-state index in [4.69, 9.17) is 0 Å². The van der Waals surface area contributed by atoms with E-state index in [0.717, 1.165) is 6.07 Å². The lowest BCUT2D eigenvalue weighted by molar-refractivity contribution is -0.137.